The maximum Gasteiger partial charge on any atom is 0.124 e. The SMILES string of the molecule is CC(C)Oc1ccccc1C1(N)CC2CC1C1CCCC21. The van der Waals surface area contributed by atoms with Gasteiger partial charge in [0, 0.05) is 11.1 Å². The van der Waals surface area contributed by atoms with Crippen LogP contribution >= 0.6 is 0 Å². The average molecular weight is 285 g/mol. The maximum absolute atomic E-state index is 7.02. The van der Waals surface area contributed by atoms with Crippen molar-refractivity contribution in [3.63, 3.8) is 0 Å². The molecule has 2 N–H and O–H groups in total. The maximum atomic E-state index is 7.02. The minimum absolute atomic E-state index is 0.151. The van der Waals surface area contributed by atoms with Gasteiger partial charge in [-0.05, 0) is 69.3 Å². The van der Waals surface area contributed by atoms with Crippen LogP contribution in [0.3, 0.4) is 0 Å². The summed E-state index contributed by atoms with van der Waals surface area (Å²) in [7, 11) is 0. The van der Waals surface area contributed by atoms with Crippen molar-refractivity contribution < 1.29 is 4.74 Å². The quantitative estimate of drug-likeness (QED) is 0.908. The van der Waals surface area contributed by atoms with E-state index in [1.165, 1.54) is 31.2 Å². The van der Waals surface area contributed by atoms with Crippen LogP contribution in [0.4, 0.5) is 0 Å². The van der Waals surface area contributed by atoms with Crippen LogP contribution in [0, 0.1) is 23.7 Å². The standard InChI is InChI=1S/C19H27NO/c1-12(2)21-18-9-4-3-8-16(18)19(20)11-13-10-17(19)15-7-5-6-14(13)15/h3-4,8-9,12-15,17H,5-7,10-11,20H2,1-2H3. The van der Waals surface area contributed by atoms with Gasteiger partial charge in [-0.3, -0.25) is 0 Å². The first kappa shape index (κ1) is 13.6. The number of hydrogen-bond acceptors (Lipinski definition) is 2. The first-order valence-corrected chi connectivity index (χ1v) is 8.64. The lowest BCUT2D eigenvalue weighted by Crippen LogP contribution is -2.46. The second kappa shape index (κ2) is 4.74. The molecule has 114 valence electrons. The van der Waals surface area contributed by atoms with Crippen molar-refractivity contribution in [1.82, 2.24) is 0 Å². The van der Waals surface area contributed by atoms with Gasteiger partial charge in [-0.2, -0.15) is 0 Å². The Hall–Kier alpha value is -1.02. The van der Waals surface area contributed by atoms with Gasteiger partial charge >= 0.3 is 0 Å². The summed E-state index contributed by atoms with van der Waals surface area (Å²) < 4.78 is 6.06. The van der Waals surface area contributed by atoms with Crippen molar-refractivity contribution in [3.8, 4) is 5.75 Å². The largest absolute Gasteiger partial charge is 0.491 e. The van der Waals surface area contributed by atoms with Crippen LogP contribution in [-0.4, -0.2) is 6.10 Å². The van der Waals surface area contributed by atoms with E-state index in [1.807, 2.05) is 0 Å². The van der Waals surface area contributed by atoms with Crippen LogP contribution in [0.15, 0.2) is 24.3 Å². The number of rotatable bonds is 3. The predicted octanol–water partition coefficient (Wildman–Crippen LogP) is 4.08. The first-order valence-electron chi connectivity index (χ1n) is 8.64. The van der Waals surface area contributed by atoms with Gasteiger partial charge in [0.05, 0.1) is 6.10 Å². The molecule has 0 saturated heterocycles. The number of hydrogen-bond donors (Lipinski definition) is 1. The van der Waals surface area contributed by atoms with Crippen molar-refractivity contribution in [2.45, 2.75) is 57.6 Å². The summed E-state index contributed by atoms with van der Waals surface area (Å²) in [5, 5.41) is 0. The Morgan fingerprint density at radius 3 is 2.76 bits per heavy atom. The Labute approximate surface area is 128 Å². The van der Waals surface area contributed by atoms with E-state index in [-0.39, 0.29) is 11.6 Å². The molecular formula is C19H27NO. The van der Waals surface area contributed by atoms with Gasteiger partial charge in [-0.15, -0.1) is 0 Å². The van der Waals surface area contributed by atoms with Crippen LogP contribution < -0.4 is 10.5 Å². The van der Waals surface area contributed by atoms with Gasteiger partial charge in [-0.25, -0.2) is 0 Å². The molecule has 0 aliphatic heterocycles. The molecule has 0 radical (unpaired) electrons. The summed E-state index contributed by atoms with van der Waals surface area (Å²) in [5.74, 6) is 4.40. The van der Waals surface area contributed by atoms with Crippen molar-refractivity contribution >= 4 is 0 Å². The number of nitrogens with two attached hydrogens (primary N) is 1. The molecule has 2 heteroatoms. The summed E-state index contributed by atoms with van der Waals surface area (Å²) in [6.45, 7) is 4.18. The van der Waals surface area contributed by atoms with E-state index in [4.69, 9.17) is 10.5 Å². The summed E-state index contributed by atoms with van der Waals surface area (Å²) in [5.41, 5.74) is 8.13. The van der Waals surface area contributed by atoms with Crippen molar-refractivity contribution in [2.75, 3.05) is 0 Å². The Kier molecular flexibility index (Phi) is 3.08. The summed E-state index contributed by atoms with van der Waals surface area (Å²) >= 11 is 0. The molecule has 1 aromatic carbocycles. The number of para-hydroxylation sites is 1. The average Bonchev–Trinajstić information content (AvgIpc) is 3.09. The molecule has 0 amide bonds. The van der Waals surface area contributed by atoms with E-state index in [9.17, 15) is 0 Å². The lowest BCUT2D eigenvalue weighted by atomic mass is 9.68. The molecule has 0 spiro atoms. The van der Waals surface area contributed by atoms with Crippen molar-refractivity contribution in [3.05, 3.63) is 29.8 Å². The molecule has 21 heavy (non-hydrogen) atoms. The summed E-state index contributed by atoms with van der Waals surface area (Å²) in [6.07, 6.45) is 6.98. The fourth-order valence-electron chi connectivity index (χ4n) is 5.71. The minimum atomic E-state index is -0.151. The van der Waals surface area contributed by atoms with Gasteiger partial charge in [-0.1, -0.05) is 24.6 Å². The van der Waals surface area contributed by atoms with Crippen molar-refractivity contribution in [1.29, 1.82) is 0 Å². The summed E-state index contributed by atoms with van der Waals surface area (Å²) in [6, 6.07) is 8.50. The number of benzene rings is 1. The highest BCUT2D eigenvalue weighted by Gasteiger charge is 2.60. The van der Waals surface area contributed by atoms with E-state index >= 15 is 0 Å². The summed E-state index contributed by atoms with van der Waals surface area (Å²) in [4.78, 5) is 0. The van der Waals surface area contributed by atoms with E-state index in [0.717, 1.165) is 29.9 Å². The third kappa shape index (κ3) is 1.95. The van der Waals surface area contributed by atoms with E-state index < -0.39 is 0 Å². The zero-order valence-corrected chi connectivity index (χ0v) is 13.2. The highest BCUT2D eigenvalue weighted by atomic mass is 16.5. The van der Waals surface area contributed by atoms with E-state index in [2.05, 4.69) is 38.1 Å². The topological polar surface area (TPSA) is 35.2 Å². The number of fused-ring (bicyclic) bond motifs is 5. The van der Waals surface area contributed by atoms with Crippen LogP contribution in [0.25, 0.3) is 0 Å². The molecule has 3 aliphatic rings. The highest BCUT2D eigenvalue weighted by molar-refractivity contribution is 5.41. The minimum Gasteiger partial charge on any atom is -0.491 e. The Morgan fingerprint density at radius 2 is 1.95 bits per heavy atom. The molecule has 3 saturated carbocycles. The van der Waals surface area contributed by atoms with Gasteiger partial charge in [0.1, 0.15) is 5.75 Å². The molecule has 5 atom stereocenters. The third-order valence-corrected chi connectivity index (χ3v) is 6.32. The molecule has 1 aromatic rings. The molecule has 5 unspecified atom stereocenters. The molecule has 2 bridgehead atoms. The smallest absolute Gasteiger partial charge is 0.124 e. The molecule has 3 aliphatic carbocycles. The lowest BCUT2D eigenvalue weighted by Gasteiger charge is -2.41. The van der Waals surface area contributed by atoms with Crippen LogP contribution in [-0.2, 0) is 5.54 Å². The van der Waals surface area contributed by atoms with Gasteiger partial charge in [0.2, 0.25) is 0 Å². The van der Waals surface area contributed by atoms with Gasteiger partial charge < -0.3 is 10.5 Å². The van der Waals surface area contributed by atoms with Gasteiger partial charge in [0.15, 0.2) is 0 Å². The molecule has 0 aromatic heterocycles. The zero-order valence-electron chi connectivity index (χ0n) is 13.2. The normalized spacial score (nSPS) is 40.8. The van der Waals surface area contributed by atoms with Crippen LogP contribution in [0.5, 0.6) is 5.75 Å². The van der Waals surface area contributed by atoms with Crippen LogP contribution in [0.2, 0.25) is 0 Å². The Bertz CT molecular complexity index is 540. The molecule has 4 rings (SSSR count). The first-order chi connectivity index (χ1) is 10.1. The number of ether oxygens (including phenoxy) is 1. The molecule has 0 heterocycles. The fraction of sp³-hybridized carbons (Fsp3) is 0.684. The predicted molar refractivity (Wildman–Crippen MR) is 85.1 cm³/mol. The second-order valence-corrected chi connectivity index (χ2v) is 7.77. The monoisotopic (exact) mass is 285 g/mol. The Balaban J connectivity index is 1.71. The molecular weight excluding hydrogens is 258 g/mol. The van der Waals surface area contributed by atoms with Gasteiger partial charge in [0.25, 0.3) is 0 Å². The lowest BCUT2D eigenvalue weighted by molar-refractivity contribution is 0.149. The zero-order chi connectivity index (χ0) is 14.6. The Morgan fingerprint density at radius 1 is 1.19 bits per heavy atom. The van der Waals surface area contributed by atoms with Crippen LogP contribution in [0.1, 0.15) is 51.5 Å². The molecule has 3 fully saturated rings. The third-order valence-electron chi connectivity index (χ3n) is 6.32. The molecule has 2 nitrogen and oxygen atoms in total. The fourth-order valence-corrected chi connectivity index (χ4v) is 5.71. The second-order valence-electron chi connectivity index (χ2n) is 7.77. The van der Waals surface area contributed by atoms with Crippen molar-refractivity contribution in [2.24, 2.45) is 29.4 Å². The van der Waals surface area contributed by atoms with E-state index in [1.54, 1.807) is 0 Å². The highest BCUT2D eigenvalue weighted by Crippen LogP contribution is 2.65. The van der Waals surface area contributed by atoms with E-state index in [0.29, 0.717) is 5.92 Å².